The number of amides is 3. The number of carbonyl (C=O) groups excluding carboxylic acids is 4. The van der Waals surface area contributed by atoms with Gasteiger partial charge in [0.1, 0.15) is 23.7 Å². The van der Waals surface area contributed by atoms with Gasteiger partial charge < -0.3 is 19.7 Å². The van der Waals surface area contributed by atoms with Gasteiger partial charge in [0.2, 0.25) is 11.8 Å². The molecule has 1 fully saturated rings. The third kappa shape index (κ3) is 8.56. The van der Waals surface area contributed by atoms with Crippen molar-refractivity contribution in [1.82, 2.24) is 15.1 Å². The first-order valence-corrected chi connectivity index (χ1v) is 13.8. The van der Waals surface area contributed by atoms with Crippen molar-refractivity contribution in [2.24, 2.45) is 0 Å². The molecule has 1 saturated heterocycles. The molecular formula is C31H41N3O6. The Labute approximate surface area is 236 Å². The number of esters is 1. The van der Waals surface area contributed by atoms with E-state index in [0.29, 0.717) is 32.2 Å². The maximum atomic E-state index is 14.3. The highest BCUT2D eigenvalue weighted by Crippen LogP contribution is 2.25. The molecule has 1 aliphatic heterocycles. The molecule has 0 radical (unpaired) electrons. The Morgan fingerprint density at radius 3 is 2.17 bits per heavy atom. The van der Waals surface area contributed by atoms with Crippen molar-refractivity contribution in [3.63, 3.8) is 0 Å². The summed E-state index contributed by atoms with van der Waals surface area (Å²) in [5.74, 6) is -1.37. The lowest BCUT2D eigenvalue weighted by Gasteiger charge is -2.36. The number of likely N-dealkylation sites (tertiary alicyclic amines) is 1. The van der Waals surface area contributed by atoms with Crippen LogP contribution in [0.1, 0.15) is 58.1 Å². The van der Waals surface area contributed by atoms with Gasteiger partial charge in [0.05, 0.1) is 7.11 Å². The second-order valence-corrected chi connectivity index (χ2v) is 11.1. The summed E-state index contributed by atoms with van der Waals surface area (Å²) in [7, 11) is 1.26. The van der Waals surface area contributed by atoms with Crippen LogP contribution < -0.4 is 5.32 Å². The first kappa shape index (κ1) is 30.7. The summed E-state index contributed by atoms with van der Waals surface area (Å²) in [6.45, 7) is 7.45. The SMILES string of the molecule is COC(=O)[C@H](C)NC(=O)C(CCc1ccccc1)N(Cc1ccccc1)C(=O)[C@@H]1CCCN1C(=O)OC(C)(C)C. The highest BCUT2D eigenvalue weighted by Gasteiger charge is 2.42. The Morgan fingerprint density at radius 1 is 1.00 bits per heavy atom. The van der Waals surface area contributed by atoms with Gasteiger partial charge in [-0.15, -0.1) is 0 Å². The lowest BCUT2D eigenvalue weighted by atomic mass is 10.0. The number of ether oxygens (including phenoxy) is 2. The van der Waals surface area contributed by atoms with Gasteiger partial charge >= 0.3 is 12.1 Å². The summed E-state index contributed by atoms with van der Waals surface area (Å²) < 4.78 is 10.4. The van der Waals surface area contributed by atoms with E-state index in [1.807, 2.05) is 60.7 Å². The summed E-state index contributed by atoms with van der Waals surface area (Å²) >= 11 is 0. The highest BCUT2D eigenvalue weighted by molar-refractivity contribution is 5.93. The number of hydrogen-bond donors (Lipinski definition) is 1. The normalized spacial score (nSPS) is 16.5. The molecule has 9 nitrogen and oxygen atoms in total. The Kier molecular flexibility index (Phi) is 10.7. The molecule has 40 heavy (non-hydrogen) atoms. The van der Waals surface area contributed by atoms with Crippen molar-refractivity contribution in [1.29, 1.82) is 0 Å². The molecule has 1 aliphatic rings. The zero-order valence-electron chi connectivity index (χ0n) is 24.1. The van der Waals surface area contributed by atoms with Gasteiger partial charge in [-0.2, -0.15) is 0 Å². The van der Waals surface area contributed by atoms with Crippen molar-refractivity contribution in [3.8, 4) is 0 Å². The fourth-order valence-electron chi connectivity index (χ4n) is 4.80. The van der Waals surface area contributed by atoms with Gasteiger partial charge in [-0.3, -0.25) is 14.5 Å². The van der Waals surface area contributed by atoms with Crippen LogP contribution in [0, 0.1) is 0 Å². The number of nitrogens with zero attached hydrogens (tertiary/aromatic N) is 2. The summed E-state index contributed by atoms with van der Waals surface area (Å²) in [6, 6.07) is 16.6. The molecule has 3 atom stereocenters. The highest BCUT2D eigenvalue weighted by atomic mass is 16.6. The molecule has 0 spiro atoms. The molecule has 0 bridgehead atoms. The minimum absolute atomic E-state index is 0.164. The molecule has 2 aromatic carbocycles. The molecule has 0 aliphatic carbocycles. The van der Waals surface area contributed by atoms with Gasteiger partial charge in [-0.05, 0) is 64.5 Å². The van der Waals surface area contributed by atoms with Gasteiger partial charge in [0.25, 0.3) is 0 Å². The number of benzene rings is 2. The third-order valence-electron chi connectivity index (χ3n) is 6.79. The van der Waals surface area contributed by atoms with Crippen LogP contribution in [0.25, 0.3) is 0 Å². The van der Waals surface area contributed by atoms with E-state index >= 15 is 0 Å². The van der Waals surface area contributed by atoms with Gasteiger partial charge in [-0.1, -0.05) is 60.7 Å². The van der Waals surface area contributed by atoms with Crippen LogP contribution in [0.4, 0.5) is 4.79 Å². The largest absolute Gasteiger partial charge is 0.467 e. The van der Waals surface area contributed by atoms with Crippen LogP contribution in [0.2, 0.25) is 0 Å². The van der Waals surface area contributed by atoms with Crippen molar-refractivity contribution in [2.45, 2.75) is 83.6 Å². The zero-order valence-corrected chi connectivity index (χ0v) is 24.1. The molecule has 216 valence electrons. The van der Waals surface area contributed by atoms with Gasteiger partial charge in [0, 0.05) is 13.1 Å². The summed E-state index contributed by atoms with van der Waals surface area (Å²) in [5.41, 5.74) is 1.15. The van der Waals surface area contributed by atoms with E-state index in [4.69, 9.17) is 9.47 Å². The molecule has 1 heterocycles. The molecule has 3 rings (SSSR count). The smallest absolute Gasteiger partial charge is 0.410 e. The van der Waals surface area contributed by atoms with E-state index < -0.39 is 41.7 Å². The summed E-state index contributed by atoms with van der Waals surface area (Å²) in [5, 5.41) is 2.73. The molecule has 0 aromatic heterocycles. The molecule has 1 N–H and O–H groups in total. The molecule has 1 unspecified atom stereocenters. The minimum Gasteiger partial charge on any atom is -0.467 e. The Bertz CT molecular complexity index is 1150. The molecule has 9 heteroatoms. The first-order chi connectivity index (χ1) is 19.0. The maximum absolute atomic E-state index is 14.3. The monoisotopic (exact) mass is 551 g/mol. The topological polar surface area (TPSA) is 105 Å². The van der Waals surface area contributed by atoms with Gasteiger partial charge in [0.15, 0.2) is 0 Å². The van der Waals surface area contributed by atoms with Gasteiger partial charge in [-0.25, -0.2) is 9.59 Å². The first-order valence-electron chi connectivity index (χ1n) is 13.8. The van der Waals surface area contributed by atoms with E-state index in [2.05, 4.69) is 5.32 Å². The van der Waals surface area contributed by atoms with Crippen molar-refractivity contribution in [2.75, 3.05) is 13.7 Å². The number of aryl methyl sites for hydroxylation is 1. The van der Waals surface area contributed by atoms with Crippen LogP contribution in [-0.2, 0) is 36.8 Å². The van der Waals surface area contributed by atoms with E-state index in [9.17, 15) is 19.2 Å². The van der Waals surface area contributed by atoms with Crippen LogP contribution in [0.3, 0.4) is 0 Å². The quantitative estimate of drug-likeness (QED) is 0.446. The Balaban J connectivity index is 1.96. The standard InChI is InChI=1S/C31H41N3O6/c1-22(29(37)39-5)32-27(35)25(19-18-23-13-8-6-9-14-23)34(21-24-15-10-7-11-16-24)28(36)26-17-12-20-33(26)30(38)40-31(2,3)4/h6-11,13-16,22,25-26H,12,17-21H2,1-5H3,(H,32,35)/t22-,25?,26-/m0/s1. The van der Waals surface area contributed by atoms with Crippen LogP contribution in [0.5, 0.6) is 0 Å². The second kappa shape index (κ2) is 14.0. The fraction of sp³-hybridized carbons (Fsp3) is 0.484. The van der Waals surface area contributed by atoms with E-state index in [-0.39, 0.29) is 12.5 Å². The summed E-state index contributed by atoms with van der Waals surface area (Å²) in [6.07, 6.45) is 1.42. The van der Waals surface area contributed by atoms with Crippen molar-refractivity contribution < 1.29 is 28.7 Å². The molecule has 3 amide bonds. The van der Waals surface area contributed by atoms with Crippen LogP contribution in [0.15, 0.2) is 60.7 Å². The van der Waals surface area contributed by atoms with E-state index in [1.54, 1.807) is 32.6 Å². The maximum Gasteiger partial charge on any atom is 0.410 e. The predicted molar refractivity (Wildman–Crippen MR) is 151 cm³/mol. The molecule has 0 saturated carbocycles. The predicted octanol–water partition coefficient (Wildman–Crippen LogP) is 4.09. The zero-order chi connectivity index (χ0) is 29.3. The molecule has 2 aromatic rings. The number of hydrogen-bond acceptors (Lipinski definition) is 6. The van der Waals surface area contributed by atoms with E-state index in [1.165, 1.54) is 12.0 Å². The lowest BCUT2D eigenvalue weighted by Crippen LogP contribution is -2.57. The summed E-state index contributed by atoms with van der Waals surface area (Å²) in [4.78, 5) is 56.1. The number of nitrogens with one attached hydrogen (secondary N) is 1. The average molecular weight is 552 g/mol. The van der Waals surface area contributed by atoms with Crippen molar-refractivity contribution >= 4 is 23.9 Å². The van der Waals surface area contributed by atoms with Crippen LogP contribution >= 0.6 is 0 Å². The Hall–Kier alpha value is -3.88. The number of carbonyl (C=O) groups is 4. The average Bonchev–Trinajstić information content (AvgIpc) is 3.42. The number of methoxy groups -OCH3 is 1. The fourth-order valence-corrected chi connectivity index (χ4v) is 4.80. The third-order valence-corrected chi connectivity index (χ3v) is 6.79. The molecular weight excluding hydrogens is 510 g/mol. The second-order valence-electron chi connectivity index (χ2n) is 11.1. The van der Waals surface area contributed by atoms with E-state index in [0.717, 1.165) is 11.1 Å². The van der Waals surface area contributed by atoms with Crippen molar-refractivity contribution in [3.05, 3.63) is 71.8 Å². The van der Waals surface area contributed by atoms with Crippen LogP contribution in [-0.4, -0.2) is 71.1 Å². The number of rotatable bonds is 10. The lowest BCUT2D eigenvalue weighted by molar-refractivity contribution is -0.148. The minimum atomic E-state index is -0.902. The Morgan fingerprint density at radius 2 is 1.60 bits per heavy atom.